The molecule has 0 bridgehead atoms. The molecule has 2 aromatic carbocycles. The number of hydrogen-bond donors (Lipinski definition) is 4. The van der Waals surface area contributed by atoms with Gasteiger partial charge in [-0.25, -0.2) is 0 Å². The summed E-state index contributed by atoms with van der Waals surface area (Å²) in [6.07, 6.45) is 0. The summed E-state index contributed by atoms with van der Waals surface area (Å²) in [5.41, 5.74) is 6.06. The average Bonchev–Trinajstić information content (AvgIpc) is 2.42. The molecule has 2 aromatic rings. The van der Waals surface area contributed by atoms with Crippen LogP contribution in [0.3, 0.4) is 0 Å². The minimum atomic E-state index is -0.434. The second kappa shape index (κ2) is 7.31. The zero-order valence-electron chi connectivity index (χ0n) is 11.3. The first-order valence-corrected chi connectivity index (χ1v) is 6.32. The molecule has 0 unspecified atom stereocenters. The van der Waals surface area contributed by atoms with Gasteiger partial charge in [-0.05, 0) is 43.3 Å². The van der Waals surface area contributed by atoms with E-state index < -0.39 is 5.91 Å². The number of hydrogen-bond acceptors (Lipinski definition) is 4. The van der Waals surface area contributed by atoms with E-state index in [4.69, 9.17) is 27.9 Å². The third kappa shape index (κ3) is 4.81. The second-order valence-electron chi connectivity index (χ2n) is 4.17. The van der Waals surface area contributed by atoms with Crippen LogP contribution in [0, 0.1) is 5.41 Å². The Labute approximate surface area is 127 Å². The number of nitrogens with one attached hydrogen (secondary N) is 1. The summed E-state index contributed by atoms with van der Waals surface area (Å²) < 4.78 is 0. The molecule has 5 nitrogen and oxygen atoms in total. The maximum atomic E-state index is 10.5. The molecule has 0 heterocycles. The summed E-state index contributed by atoms with van der Waals surface area (Å²) in [4.78, 5) is 10.5. The van der Waals surface area contributed by atoms with Gasteiger partial charge in [-0.15, -0.1) is 0 Å². The van der Waals surface area contributed by atoms with Gasteiger partial charge in [-0.1, -0.05) is 17.7 Å². The Morgan fingerprint density at radius 1 is 1.14 bits per heavy atom. The van der Waals surface area contributed by atoms with Crippen molar-refractivity contribution in [1.82, 2.24) is 0 Å². The fourth-order valence-corrected chi connectivity index (χ4v) is 1.57. The predicted molar refractivity (Wildman–Crippen MR) is 82.2 cm³/mol. The lowest BCUT2D eigenvalue weighted by molar-refractivity contribution is 0.100. The molecule has 6 heteroatoms. The molecule has 5 N–H and O–H groups in total. The van der Waals surface area contributed by atoms with E-state index in [1.165, 1.54) is 6.07 Å². The largest absolute Gasteiger partial charge is 0.504 e. The predicted octanol–water partition coefficient (Wildman–Crippen LogP) is 2.92. The fourth-order valence-electron chi connectivity index (χ4n) is 1.45. The van der Waals surface area contributed by atoms with Crippen molar-refractivity contribution in [3.63, 3.8) is 0 Å². The van der Waals surface area contributed by atoms with Crippen LogP contribution in [0.4, 0.5) is 0 Å². The van der Waals surface area contributed by atoms with Gasteiger partial charge in [0.1, 0.15) is 0 Å². The average molecular weight is 307 g/mol. The number of primary amides is 1. The molecule has 0 saturated heterocycles. The molecule has 0 aliphatic carbocycles. The van der Waals surface area contributed by atoms with Gasteiger partial charge < -0.3 is 21.4 Å². The van der Waals surface area contributed by atoms with E-state index in [9.17, 15) is 9.90 Å². The SMILES string of the molecule is CC(=N)c1cccc(O)c1O.NC(=O)c1ccc(Cl)cc1. The monoisotopic (exact) mass is 306 g/mol. The Morgan fingerprint density at radius 2 is 1.71 bits per heavy atom. The van der Waals surface area contributed by atoms with Gasteiger partial charge in [0.2, 0.25) is 5.91 Å². The normalized spacial score (nSPS) is 9.43. The van der Waals surface area contributed by atoms with Crippen molar-refractivity contribution in [3.05, 3.63) is 58.6 Å². The highest BCUT2D eigenvalue weighted by atomic mass is 35.5. The van der Waals surface area contributed by atoms with E-state index in [-0.39, 0.29) is 17.2 Å². The standard InChI is InChI=1S/C8H9NO2.C7H6ClNO/c1-5(9)6-3-2-4-7(10)8(6)11;8-6-3-1-5(2-4-6)7(9)10/h2-4,9-11H,1H3;1-4H,(H2,9,10). The lowest BCUT2D eigenvalue weighted by Crippen LogP contribution is -2.10. The summed E-state index contributed by atoms with van der Waals surface area (Å²) >= 11 is 5.56. The number of halogens is 1. The number of nitrogens with two attached hydrogens (primary N) is 1. The number of benzene rings is 2. The molecule has 21 heavy (non-hydrogen) atoms. The molecule has 0 fully saturated rings. The van der Waals surface area contributed by atoms with Crippen LogP contribution in [-0.4, -0.2) is 21.8 Å². The van der Waals surface area contributed by atoms with E-state index in [1.54, 1.807) is 43.3 Å². The minimum absolute atomic E-state index is 0.186. The number of para-hydroxylation sites is 1. The van der Waals surface area contributed by atoms with Crippen LogP contribution >= 0.6 is 11.6 Å². The Balaban J connectivity index is 0.000000211. The Hall–Kier alpha value is -2.53. The lowest BCUT2D eigenvalue weighted by atomic mass is 10.1. The molecular formula is C15H15ClN2O3. The van der Waals surface area contributed by atoms with Gasteiger partial charge in [0.25, 0.3) is 0 Å². The molecule has 2 rings (SSSR count). The first-order valence-electron chi connectivity index (χ1n) is 5.94. The molecule has 0 radical (unpaired) electrons. The third-order valence-electron chi connectivity index (χ3n) is 2.55. The Bertz CT molecular complexity index is 654. The first-order chi connectivity index (χ1) is 9.82. The quantitative estimate of drug-likeness (QED) is 0.506. The number of amides is 1. The fraction of sp³-hybridized carbons (Fsp3) is 0.0667. The van der Waals surface area contributed by atoms with Crippen molar-refractivity contribution in [3.8, 4) is 11.5 Å². The van der Waals surface area contributed by atoms with Crippen LogP contribution < -0.4 is 5.73 Å². The van der Waals surface area contributed by atoms with E-state index in [0.29, 0.717) is 16.1 Å². The molecule has 0 saturated carbocycles. The van der Waals surface area contributed by atoms with Gasteiger partial charge in [0.15, 0.2) is 11.5 Å². The maximum absolute atomic E-state index is 10.5. The number of aromatic hydroxyl groups is 2. The van der Waals surface area contributed by atoms with Crippen molar-refractivity contribution in [2.75, 3.05) is 0 Å². The molecule has 0 aliphatic heterocycles. The topological polar surface area (TPSA) is 107 Å². The van der Waals surface area contributed by atoms with E-state index >= 15 is 0 Å². The highest BCUT2D eigenvalue weighted by Crippen LogP contribution is 2.28. The maximum Gasteiger partial charge on any atom is 0.248 e. The molecule has 110 valence electrons. The van der Waals surface area contributed by atoms with E-state index in [0.717, 1.165) is 0 Å². The van der Waals surface area contributed by atoms with E-state index in [2.05, 4.69) is 0 Å². The van der Waals surface area contributed by atoms with Crippen LogP contribution in [0.1, 0.15) is 22.8 Å². The summed E-state index contributed by atoms with van der Waals surface area (Å²) in [6, 6.07) is 11.0. The van der Waals surface area contributed by atoms with Crippen molar-refractivity contribution in [2.45, 2.75) is 6.92 Å². The highest BCUT2D eigenvalue weighted by Gasteiger charge is 2.05. The molecule has 0 aromatic heterocycles. The van der Waals surface area contributed by atoms with Crippen LogP contribution in [0.5, 0.6) is 11.5 Å². The van der Waals surface area contributed by atoms with Gasteiger partial charge in [0, 0.05) is 21.9 Å². The number of carbonyl (C=O) groups excluding carboxylic acids is 1. The molecular weight excluding hydrogens is 292 g/mol. The van der Waals surface area contributed by atoms with Crippen LogP contribution in [-0.2, 0) is 0 Å². The molecule has 1 amide bonds. The second-order valence-corrected chi connectivity index (χ2v) is 4.61. The Kier molecular flexibility index (Phi) is 5.75. The van der Waals surface area contributed by atoms with Crippen molar-refractivity contribution in [2.24, 2.45) is 5.73 Å². The zero-order chi connectivity index (χ0) is 16.0. The molecule has 0 atom stereocenters. The molecule has 0 spiro atoms. The van der Waals surface area contributed by atoms with E-state index in [1.807, 2.05) is 0 Å². The number of phenolic OH excluding ortho intramolecular Hbond substituents is 2. The van der Waals surface area contributed by atoms with Crippen molar-refractivity contribution >= 4 is 23.2 Å². The number of rotatable bonds is 2. The van der Waals surface area contributed by atoms with Crippen LogP contribution in [0.25, 0.3) is 0 Å². The van der Waals surface area contributed by atoms with Crippen molar-refractivity contribution < 1.29 is 15.0 Å². The summed E-state index contributed by atoms with van der Waals surface area (Å²) in [6.45, 7) is 1.55. The van der Waals surface area contributed by atoms with Gasteiger partial charge >= 0.3 is 0 Å². The summed E-state index contributed by atoms with van der Waals surface area (Å²) in [5, 5.41) is 26.0. The smallest absolute Gasteiger partial charge is 0.248 e. The van der Waals surface area contributed by atoms with Gasteiger partial charge in [-0.3, -0.25) is 4.79 Å². The third-order valence-corrected chi connectivity index (χ3v) is 2.80. The first kappa shape index (κ1) is 16.5. The molecule has 0 aliphatic rings. The van der Waals surface area contributed by atoms with Gasteiger partial charge in [-0.2, -0.15) is 0 Å². The number of carbonyl (C=O) groups is 1. The highest BCUT2D eigenvalue weighted by molar-refractivity contribution is 6.30. The van der Waals surface area contributed by atoms with Crippen molar-refractivity contribution in [1.29, 1.82) is 5.41 Å². The zero-order valence-corrected chi connectivity index (χ0v) is 12.1. The van der Waals surface area contributed by atoms with Crippen LogP contribution in [0.2, 0.25) is 5.02 Å². The lowest BCUT2D eigenvalue weighted by Gasteiger charge is -2.02. The minimum Gasteiger partial charge on any atom is -0.504 e. The van der Waals surface area contributed by atoms with Gasteiger partial charge in [0.05, 0.1) is 0 Å². The summed E-state index contributed by atoms with van der Waals surface area (Å²) in [5.74, 6) is -0.842. The Morgan fingerprint density at radius 3 is 2.14 bits per heavy atom. The van der Waals surface area contributed by atoms with Crippen LogP contribution in [0.15, 0.2) is 42.5 Å². The summed E-state index contributed by atoms with van der Waals surface area (Å²) in [7, 11) is 0. The number of phenols is 2.